The molecule has 88 valence electrons. The fourth-order valence-corrected chi connectivity index (χ4v) is 2.03. The Morgan fingerprint density at radius 2 is 2.00 bits per heavy atom. The zero-order chi connectivity index (χ0) is 11.4. The zero-order valence-electron chi connectivity index (χ0n) is 9.48. The van der Waals surface area contributed by atoms with Crippen LogP contribution in [0.1, 0.15) is 19.3 Å². The summed E-state index contributed by atoms with van der Waals surface area (Å²) in [5, 5.41) is 11.6. The fraction of sp³-hybridized carbons (Fsp3) is 0.818. The molecule has 1 aliphatic heterocycles. The molecular formula is C11H18N4O. The summed E-state index contributed by atoms with van der Waals surface area (Å²) in [6.45, 7) is 3.57. The van der Waals surface area contributed by atoms with Crippen LogP contribution in [-0.4, -0.2) is 54.6 Å². The summed E-state index contributed by atoms with van der Waals surface area (Å²) < 4.78 is 0. The first-order valence-electron chi connectivity index (χ1n) is 5.94. The summed E-state index contributed by atoms with van der Waals surface area (Å²) in [7, 11) is 0. The van der Waals surface area contributed by atoms with Crippen LogP contribution in [0.25, 0.3) is 0 Å². The van der Waals surface area contributed by atoms with Crippen molar-refractivity contribution in [2.75, 3.05) is 32.7 Å². The lowest BCUT2D eigenvalue weighted by Crippen LogP contribution is -2.54. The highest BCUT2D eigenvalue weighted by atomic mass is 16.2. The van der Waals surface area contributed by atoms with Crippen molar-refractivity contribution >= 4 is 6.03 Å². The predicted octanol–water partition coefficient (Wildman–Crippen LogP) is 0.390. The van der Waals surface area contributed by atoms with E-state index in [0.717, 1.165) is 39.0 Å². The van der Waals surface area contributed by atoms with Crippen molar-refractivity contribution in [2.45, 2.75) is 25.3 Å². The second-order valence-corrected chi connectivity index (χ2v) is 4.50. The Hall–Kier alpha value is -1.28. The molecule has 1 aliphatic carbocycles. The Kier molecular flexibility index (Phi) is 3.62. The fourth-order valence-electron chi connectivity index (χ4n) is 2.03. The van der Waals surface area contributed by atoms with Crippen LogP contribution in [0.5, 0.6) is 0 Å². The van der Waals surface area contributed by atoms with Crippen LogP contribution in [0.15, 0.2) is 0 Å². The Labute approximate surface area is 96.0 Å². The molecule has 0 bridgehead atoms. The Bertz CT molecular complexity index is 287. The number of piperazine rings is 1. The van der Waals surface area contributed by atoms with Gasteiger partial charge >= 0.3 is 6.03 Å². The van der Waals surface area contributed by atoms with Crippen molar-refractivity contribution in [3.05, 3.63) is 0 Å². The van der Waals surface area contributed by atoms with Crippen LogP contribution in [0.3, 0.4) is 0 Å². The van der Waals surface area contributed by atoms with E-state index in [0.29, 0.717) is 12.6 Å². The molecule has 5 heteroatoms. The third kappa shape index (κ3) is 2.64. The van der Waals surface area contributed by atoms with Crippen LogP contribution in [0.2, 0.25) is 0 Å². The van der Waals surface area contributed by atoms with Gasteiger partial charge in [0.2, 0.25) is 0 Å². The molecule has 0 atom stereocenters. The zero-order valence-corrected chi connectivity index (χ0v) is 9.48. The molecule has 0 aromatic rings. The largest absolute Gasteiger partial charge is 0.335 e. The molecule has 0 aromatic heterocycles. The van der Waals surface area contributed by atoms with Gasteiger partial charge in [0, 0.05) is 32.2 Å². The van der Waals surface area contributed by atoms with Gasteiger partial charge < -0.3 is 10.2 Å². The Morgan fingerprint density at radius 3 is 2.50 bits per heavy atom. The molecule has 1 N–H and O–H groups in total. The lowest BCUT2D eigenvalue weighted by molar-refractivity contribution is 0.141. The quantitative estimate of drug-likeness (QED) is 0.688. The molecule has 2 aliphatic rings. The van der Waals surface area contributed by atoms with Gasteiger partial charge in [0.05, 0.1) is 12.6 Å². The molecule has 2 fully saturated rings. The molecular weight excluding hydrogens is 204 g/mol. The molecule has 0 aromatic carbocycles. The summed E-state index contributed by atoms with van der Waals surface area (Å²) >= 11 is 0. The summed E-state index contributed by atoms with van der Waals surface area (Å²) in [5.74, 6) is 0. The number of nitrogens with one attached hydrogen (secondary N) is 1. The van der Waals surface area contributed by atoms with E-state index in [1.54, 1.807) is 0 Å². The predicted molar refractivity (Wildman–Crippen MR) is 59.8 cm³/mol. The summed E-state index contributed by atoms with van der Waals surface area (Å²) in [5.41, 5.74) is 0. The number of carbonyl (C=O) groups is 1. The minimum Gasteiger partial charge on any atom is -0.335 e. The van der Waals surface area contributed by atoms with Gasteiger partial charge in [-0.1, -0.05) is 0 Å². The van der Waals surface area contributed by atoms with E-state index in [-0.39, 0.29) is 6.03 Å². The first-order chi connectivity index (χ1) is 7.79. The van der Waals surface area contributed by atoms with Gasteiger partial charge in [-0.3, -0.25) is 4.90 Å². The minimum absolute atomic E-state index is 0.0707. The second-order valence-electron chi connectivity index (χ2n) is 4.50. The minimum atomic E-state index is 0.0707. The van der Waals surface area contributed by atoms with E-state index in [4.69, 9.17) is 5.26 Å². The topological polar surface area (TPSA) is 59.4 Å². The van der Waals surface area contributed by atoms with Crippen molar-refractivity contribution in [3.8, 4) is 6.07 Å². The van der Waals surface area contributed by atoms with Crippen molar-refractivity contribution in [1.29, 1.82) is 5.26 Å². The molecule has 1 saturated carbocycles. The standard InChI is InChI=1S/C11H18N4O/c12-4-5-14-6-8-15(9-7-14)11(16)13-10-2-1-3-10/h10H,1-3,5-9H2,(H,13,16). The van der Waals surface area contributed by atoms with E-state index < -0.39 is 0 Å². The highest BCUT2D eigenvalue weighted by Crippen LogP contribution is 2.18. The van der Waals surface area contributed by atoms with E-state index in [1.807, 2.05) is 4.90 Å². The molecule has 0 unspecified atom stereocenters. The van der Waals surface area contributed by atoms with E-state index in [9.17, 15) is 4.79 Å². The van der Waals surface area contributed by atoms with Crippen LogP contribution in [0.4, 0.5) is 4.79 Å². The maximum Gasteiger partial charge on any atom is 0.317 e. The monoisotopic (exact) mass is 222 g/mol. The number of nitriles is 1. The molecule has 2 amide bonds. The second kappa shape index (κ2) is 5.17. The van der Waals surface area contributed by atoms with E-state index in [2.05, 4.69) is 16.3 Å². The first kappa shape index (κ1) is 11.2. The molecule has 1 saturated heterocycles. The molecule has 2 rings (SSSR count). The molecule has 5 nitrogen and oxygen atoms in total. The van der Waals surface area contributed by atoms with Gasteiger partial charge in [-0.2, -0.15) is 5.26 Å². The number of nitrogens with zero attached hydrogens (tertiary/aromatic N) is 3. The van der Waals surface area contributed by atoms with Gasteiger partial charge in [-0.15, -0.1) is 0 Å². The summed E-state index contributed by atoms with van der Waals surface area (Å²) in [4.78, 5) is 15.7. The Balaban J connectivity index is 1.71. The number of amides is 2. The summed E-state index contributed by atoms with van der Waals surface area (Å²) in [6.07, 6.45) is 3.49. The molecule has 16 heavy (non-hydrogen) atoms. The molecule has 0 radical (unpaired) electrons. The van der Waals surface area contributed by atoms with Crippen LogP contribution in [0, 0.1) is 11.3 Å². The molecule has 1 heterocycles. The lowest BCUT2D eigenvalue weighted by atomic mass is 9.93. The third-order valence-corrected chi connectivity index (χ3v) is 3.39. The normalized spacial score (nSPS) is 22.3. The SMILES string of the molecule is N#CCN1CCN(C(=O)NC2CCC2)CC1. The summed E-state index contributed by atoms with van der Waals surface area (Å²) in [6, 6.07) is 2.62. The number of urea groups is 1. The van der Waals surface area contributed by atoms with Gasteiger partial charge in [-0.05, 0) is 19.3 Å². The third-order valence-electron chi connectivity index (χ3n) is 3.39. The first-order valence-corrected chi connectivity index (χ1v) is 5.94. The number of carbonyl (C=O) groups excluding carboxylic acids is 1. The average molecular weight is 222 g/mol. The lowest BCUT2D eigenvalue weighted by Gasteiger charge is -2.35. The van der Waals surface area contributed by atoms with Crippen molar-refractivity contribution < 1.29 is 4.79 Å². The van der Waals surface area contributed by atoms with Gasteiger partial charge in [0.1, 0.15) is 0 Å². The average Bonchev–Trinajstić information content (AvgIpc) is 2.25. The van der Waals surface area contributed by atoms with Gasteiger partial charge in [0.25, 0.3) is 0 Å². The van der Waals surface area contributed by atoms with Crippen LogP contribution >= 0.6 is 0 Å². The number of hydrogen-bond acceptors (Lipinski definition) is 3. The number of hydrogen-bond donors (Lipinski definition) is 1. The maximum absolute atomic E-state index is 11.8. The van der Waals surface area contributed by atoms with Crippen molar-refractivity contribution in [3.63, 3.8) is 0 Å². The highest BCUT2D eigenvalue weighted by Gasteiger charge is 2.25. The maximum atomic E-state index is 11.8. The Morgan fingerprint density at radius 1 is 1.31 bits per heavy atom. The van der Waals surface area contributed by atoms with E-state index >= 15 is 0 Å². The van der Waals surface area contributed by atoms with E-state index in [1.165, 1.54) is 6.42 Å². The molecule has 0 spiro atoms. The van der Waals surface area contributed by atoms with Crippen molar-refractivity contribution in [1.82, 2.24) is 15.1 Å². The van der Waals surface area contributed by atoms with Crippen LogP contribution < -0.4 is 5.32 Å². The van der Waals surface area contributed by atoms with Crippen LogP contribution in [-0.2, 0) is 0 Å². The smallest absolute Gasteiger partial charge is 0.317 e. The highest BCUT2D eigenvalue weighted by molar-refractivity contribution is 5.74. The van der Waals surface area contributed by atoms with Gasteiger partial charge in [-0.25, -0.2) is 4.79 Å². The number of rotatable bonds is 2. The van der Waals surface area contributed by atoms with Gasteiger partial charge in [0.15, 0.2) is 0 Å². The van der Waals surface area contributed by atoms with Crippen molar-refractivity contribution in [2.24, 2.45) is 0 Å².